The number of aryl methyl sites for hydroxylation is 1. The van der Waals surface area contributed by atoms with E-state index in [1.54, 1.807) is 23.9 Å². The molecule has 0 bridgehead atoms. The Balaban J connectivity index is 1.34. The predicted octanol–water partition coefficient (Wildman–Crippen LogP) is 4.88. The quantitative estimate of drug-likeness (QED) is 0.426. The number of hydrogen-bond acceptors (Lipinski definition) is 6. The van der Waals surface area contributed by atoms with Crippen molar-refractivity contribution >= 4 is 39.7 Å². The minimum Gasteiger partial charge on any atom is -0.321 e. The van der Waals surface area contributed by atoms with Crippen molar-refractivity contribution in [3.05, 3.63) is 86.8 Å². The Kier molecular flexibility index (Phi) is 5.33. The van der Waals surface area contributed by atoms with Crippen LogP contribution < -0.4 is 10.9 Å². The highest BCUT2D eigenvalue weighted by atomic mass is 32.2. The van der Waals surface area contributed by atoms with Gasteiger partial charge in [0, 0.05) is 28.2 Å². The first kappa shape index (κ1) is 20.0. The minimum atomic E-state index is -0.148. The van der Waals surface area contributed by atoms with Crippen LogP contribution in [0, 0.1) is 6.92 Å². The van der Waals surface area contributed by atoms with Crippen molar-refractivity contribution in [1.82, 2.24) is 14.6 Å². The number of benzene rings is 2. The van der Waals surface area contributed by atoms with E-state index in [1.807, 2.05) is 49.4 Å². The molecule has 1 amide bonds. The van der Waals surface area contributed by atoms with E-state index in [0.717, 1.165) is 34.0 Å². The first-order chi connectivity index (χ1) is 15.1. The number of hydrogen-bond donors (Lipinski definition) is 1. The number of anilines is 1. The van der Waals surface area contributed by atoms with E-state index < -0.39 is 0 Å². The number of fused-ring (bicyclic) bond motifs is 1. The normalized spacial score (nSPS) is 13.5. The summed E-state index contributed by atoms with van der Waals surface area (Å²) in [7, 11) is 0. The molecule has 156 valence electrons. The van der Waals surface area contributed by atoms with Gasteiger partial charge in [-0.2, -0.15) is 9.61 Å². The van der Waals surface area contributed by atoms with E-state index in [4.69, 9.17) is 0 Å². The summed E-state index contributed by atoms with van der Waals surface area (Å²) in [4.78, 5) is 31.3. The van der Waals surface area contributed by atoms with Crippen LogP contribution >= 0.6 is 23.1 Å². The highest BCUT2D eigenvalue weighted by molar-refractivity contribution is 7.98. The SMILES string of the molecule is Cc1cccc(C(=O)Nc2ccccc2SCc2cc(=O)n3nc(C4CC4)sc3n2)c1. The summed E-state index contributed by atoms with van der Waals surface area (Å²) in [5.74, 6) is 0.874. The highest BCUT2D eigenvalue weighted by Gasteiger charge is 2.28. The average molecular weight is 449 g/mol. The molecule has 2 aromatic heterocycles. The smallest absolute Gasteiger partial charge is 0.275 e. The van der Waals surface area contributed by atoms with Crippen molar-refractivity contribution in [1.29, 1.82) is 0 Å². The van der Waals surface area contributed by atoms with Crippen LogP contribution in [0.1, 0.15) is 45.4 Å². The standard InChI is InChI=1S/C23H20N4O2S2/c1-14-5-4-6-16(11-14)21(29)25-18-7-2-3-8-19(18)30-13-17-12-20(28)27-23(24-17)31-22(26-27)15-9-10-15/h2-8,11-12,15H,9-10,13H2,1H3,(H,25,29). The zero-order valence-corrected chi connectivity index (χ0v) is 18.5. The molecule has 1 N–H and O–H groups in total. The van der Waals surface area contributed by atoms with Crippen LogP contribution in [-0.4, -0.2) is 20.5 Å². The van der Waals surface area contributed by atoms with Crippen molar-refractivity contribution in [2.75, 3.05) is 5.32 Å². The summed E-state index contributed by atoms with van der Waals surface area (Å²) >= 11 is 3.04. The molecule has 1 fully saturated rings. The molecule has 0 atom stereocenters. The number of amides is 1. The fraction of sp³-hybridized carbons (Fsp3) is 0.217. The van der Waals surface area contributed by atoms with Gasteiger partial charge >= 0.3 is 0 Å². The van der Waals surface area contributed by atoms with E-state index >= 15 is 0 Å². The van der Waals surface area contributed by atoms with Crippen molar-refractivity contribution < 1.29 is 4.79 Å². The first-order valence-electron chi connectivity index (χ1n) is 10.1. The maximum Gasteiger partial charge on any atom is 0.275 e. The molecule has 0 saturated heterocycles. The van der Waals surface area contributed by atoms with Crippen LogP contribution in [0.4, 0.5) is 5.69 Å². The molecule has 0 unspecified atom stereocenters. The molecule has 2 heterocycles. The molecule has 0 radical (unpaired) electrons. The number of nitrogens with one attached hydrogen (secondary N) is 1. The van der Waals surface area contributed by atoms with Gasteiger partial charge in [-0.3, -0.25) is 9.59 Å². The van der Waals surface area contributed by atoms with Crippen molar-refractivity contribution in [2.45, 2.75) is 36.3 Å². The number of carbonyl (C=O) groups is 1. The molecule has 2 aromatic carbocycles. The zero-order valence-electron chi connectivity index (χ0n) is 16.9. The average Bonchev–Trinajstić information content (AvgIpc) is 3.52. The van der Waals surface area contributed by atoms with Crippen LogP contribution in [0.3, 0.4) is 0 Å². The fourth-order valence-electron chi connectivity index (χ4n) is 3.27. The molecule has 1 aliphatic rings. The summed E-state index contributed by atoms with van der Waals surface area (Å²) in [6.45, 7) is 1.96. The van der Waals surface area contributed by atoms with E-state index in [-0.39, 0.29) is 11.5 Å². The van der Waals surface area contributed by atoms with Crippen LogP contribution in [0.25, 0.3) is 4.96 Å². The summed E-state index contributed by atoms with van der Waals surface area (Å²) in [6, 6.07) is 16.7. The molecule has 1 aliphatic carbocycles. The molecule has 0 aliphatic heterocycles. The summed E-state index contributed by atoms with van der Waals surface area (Å²) in [5, 5.41) is 8.42. The van der Waals surface area contributed by atoms with Gasteiger partial charge in [0.25, 0.3) is 11.5 Å². The third kappa shape index (κ3) is 4.40. The fourth-order valence-corrected chi connectivity index (χ4v) is 5.26. The third-order valence-corrected chi connectivity index (χ3v) is 7.21. The van der Waals surface area contributed by atoms with Gasteiger partial charge in [-0.25, -0.2) is 4.98 Å². The van der Waals surface area contributed by atoms with Gasteiger partial charge in [0.1, 0.15) is 5.01 Å². The Labute approximate surface area is 187 Å². The number of rotatable bonds is 6. The lowest BCUT2D eigenvalue weighted by Gasteiger charge is -2.11. The van der Waals surface area contributed by atoms with E-state index in [0.29, 0.717) is 27.9 Å². The van der Waals surface area contributed by atoms with Gasteiger partial charge in [0.15, 0.2) is 0 Å². The van der Waals surface area contributed by atoms with Crippen molar-refractivity contribution in [3.63, 3.8) is 0 Å². The van der Waals surface area contributed by atoms with Crippen molar-refractivity contribution in [2.24, 2.45) is 0 Å². The number of carbonyl (C=O) groups excluding carboxylic acids is 1. The Hall–Kier alpha value is -2.97. The zero-order chi connectivity index (χ0) is 21.4. The molecule has 6 nitrogen and oxygen atoms in total. The Morgan fingerprint density at radius 3 is 2.84 bits per heavy atom. The van der Waals surface area contributed by atoms with Gasteiger partial charge in [-0.15, -0.1) is 11.8 Å². The van der Waals surface area contributed by atoms with E-state index in [2.05, 4.69) is 15.4 Å². The second kappa shape index (κ2) is 8.28. The Morgan fingerprint density at radius 1 is 1.19 bits per heavy atom. The Morgan fingerprint density at radius 2 is 2.03 bits per heavy atom. The minimum absolute atomic E-state index is 0.146. The van der Waals surface area contributed by atoms with Crippen LogP contribution in [0.15, 0.2) is 64.3 Å². The molecule has 1 saturated carbocycles. The summed E-state index contributed by atoms with van der Waals surface area (Å²) < 4.78 is 1.41. The monoisotopic (exact) mass is 448 g/mol. The highest BCUT2D eigenvalue weighted by Crippen LogP contribution is 2.41. The largest absolute Gasteiger partial charge is 0.321 e. The van der Waals surface area contributed by atoms with Gasteiger partial charge in [0.05, 0.1) is 11.4 Å². The summed E-state index contributed by atoms with van der Waals surface area (Å²) in [5.41, 5.74) is 2.96. The number of thioether (sulfide) groups is 1. The van der Waals surface area contributed by atoms with Gasteiger partial charge in [-0.1, -0.05) is 41.2 Å². The molecule has 31 heavy (non-hydrogen) atoms. The molecular weight excluding hydrogens is 428 g/mol. The van der Waals surface area contributed by atoms with Gasteiger partial charge < -0.3 is 5.32 Å². The van der Waals surface area contributed by atoms with Gasteiger partial charge in [-0.05, 0) is 44.0 Å². The van der Waals surface area contributed by atoms with Crippen LogP contribution in [0.2, 0.25) is 0 Å². The van der Waals surface area contributed by atoms with E-state index in [9.17, 15) is 9.59 Å². The lowest BCUT2D eigenvalue weighted by Crippen LogP contribution is -2.15. The number of aromatic nitrogens is 3. The molecular formula is C23H20N4O2S2. The third-order valence-electron chi connectivity index (χ3n) is 5.03. The van der Waals surface area contributed by atoms with Crippen LogP contribution in [-0.2, 0) is 5.75 Å². The Bertz CT molecular complexity index is 1340. The summed E-state index contributed by atoms with van der Waals surface area (Å²) in [6.07, 6.45) is 2.28. The lowest BCUT2D eigenvalue weighted by molar-refractivity contribution is 0.102. The van der Waals surface area contributed by atoms with Crippen LogP contribution in [0.5, 0.6) is 0 Å². The molecule has 8 heteroatoms. The lowest BCUT2D eigenvalue weighted by atomic mass is 10.1. The molecule has 5 rings (SSSR count). The van der Waals surface area contributed by atoms with Crippen molar-refractivity contribution in [3.8, 4) is 0 Å². The topological polar surface area (TPSA) is 76.4 Å². The molecule has 4 aromatic rings. The maximum atomic E-state index is 12.7. The predicted molar refractivity (Wildman–Crippen MR) is 124 cm³/mol. The second-order valence-corrected chi connectivity index (χ2v) is 9.61. The first-order valence-corrected chi connectivity index (χ1v) is 11.9. The van der Waals surface area contributed by atoms with Gasteiger partial charge in [0.2, 0.25) is 4.96 Å². The number of nitrogens with zero attached hydrogens (tertiary/aromatic N) is 3. The number of para-hydroxylation sites is 1. The van der Waals surface area contributed by atoms with E-state index in [1.165, 1.54) is 15.9 Å². The second-order valence-electron chi connectivity index (χ2n) is 7.60. The molecule has 0 spiro atoms. The maximum absolute atomic E-state index is 12.7.